The maximum absolute atomic E-state index is 11.8. The van der Waals surface area contributed by atoms with Crippen LogP contribution in [0.2, 0.25) is 0 Å². The van der Waals surface area contributed by atoms with E-state index in [1.54, 1.807) is 0 Å². The molecule has 0 aliphatic carbocycles. The Bertz CT molecular complexity index is 415. The van der Waals surface area contributed by atoms with Crippen LogP contribution in [-0.2, 0) is 0 Å². The molecule has 0 unspecified atom stereocenters. The second-order valence-corrected chi connectivity index (χ2v) is 2.72. The van der Waals surface area contributed by atoms with Crippen molar-refractivity contribution in [1.29, 1.82) is 0 Å². The third-order valence-electron chi connectivity index (χ3n) is 1.48. The highest BCUT2D eigenvalue weighted by Crippen LogP contribution is 2.23. The predicted molar refractivity (Wildman–Crippen MR) is 49.2 cm³/mol. The third kappa shape index (κ3) is 4.45. The van der Waals surface area contributed by atoms with Crippen LogP contribution in [0.1, 0.15) is 5.56 Å². The van der Waals surface area contributed by atoms with E-state index in [0.717, 1.165) is 18.2 Å². The topological polar surface area (TPSA) is 52.4 Å². The van der Waals surface area contributed by atoms with Gasteiger partial charge in [-0.2, -0.15) is 0 Å². The molecule has 0 saturated carbocycles. The van der Waals surface area contributed by atoms with E-state index in [4.69, 9.17) is 0 Å². The van der Waals surface area contributed by atoms with Gasteiger partial charge in [-0.05, 0) is 17.7 Å². The monoisotopic (exact) mass is 233 g/mol. The Hall–Kier alpha value is -2.05. The molecule has 0 heterocycles. The van der Waals surface area contributed by atoms with Gasteiger partial charge in [-0.15, -0.1) is 13.2 Å². The Morgan fingerprint density at radius 1 is 1.38 bits per heavy atom. The SMILES string of the molecule is O=[N+]([O-])/C=C/c1cccc(OC(F)(F)F)c1. The largest absolute Gasteiger partial charge is 0.573 e. The average molecular weight is 233 g/mol. The summed E-state index contributed by atoms with van der Waals surface area (Å²) < 4.78 is 39.2. The van der Waals surface area contributed by atoms with E-state index in [-0.39, 0.29) is 5.56 Å². The summed E-state index contributed by atoms with van der Waals surface area (Å²) >= 11 is 0. The van der Waals surface area contributed by atoms with Gasteiger partial charge < -0.3 is 4.74 Å². The zero-order valence-corrected chi connectivity index (χ0v) is 7.77. The van der Waals surface area contributed by atoms with Crippen molar-refractivity contribution < 1.29 is 22.8 Å². The zero-order chi connectivity index (χ0) is 12.2. The summed E-state index contributed by atoms with van der Waals surface area (Å²) in [4.78, 5) is 9.28. The number of nitrogens with zero attached hydrogens (tertiary/aromatic N) is 1. The van der Waals surface area contributed by atoms with Crippen LogP contribution in [0.25, 0.3) is 6.08 Å². The fourth-order valence-electron chi connectivity index (χ4n) is 0.962. The van der Waals surface area contributed by atoms with Crippen molar-refractivity contribution in [3.05, 3.63) is 46.1 Å². The Morgan fingerprint density at radius 3 is 2.62 bits per heavy atom. The van der Waals surface area contributed by atoms with Crippen molar-refractivity contribution in [2.45, 2.75) is 6.36 Å². The smallest absolute Gasteiger partial charge is 0.406 e. The van der Waals surface area contributed by atoms with Gasteiger partial charge in [0.25, 0.3) is 0 Å². The molecule has 0 amide bonds. The van der Waals surface area contributed by atoms with Gasteiger partial charge in [-0.25, -0.2) is 0 Å². The van der Waals surface area contributed by atoms with Crippen molar-refractivity contribution in [1.82, 2.24) is 0 Å². The van der Waals surface area contributed by atoms with Crippen LogP contribution in [0.15, 0.2) is 30.5 Å². The van der Waals surface area contributed by atoms with Crippen molar-refractivity contribution in [3.8, 4) is 5.75 Å². The summed E-state index contributed by atoms with van der Waals surface area (Å²) in [6, 6.07) is 4.88. The predicted octanol–water partition coefficient (Wildman–Crippen LogP) is 2.83. The molecule has 0 aliphatic heterocycles. The van der Waals surface area contributed by atoms with Gasteiger partial charge in [0.2, 0.25) is 6.20 Å². The minimum atomic E-state index is -4.77. The first-order chi connectivity index (χ1) is 7.37. The number of benzene rings is 1. The molecule has 0 fully saturated rings. The summed E-state index contributed by atoms with van der Waals surface area (Å²) in [6.07, 6.45) is -3.07. The first-order valence-electron chi connectivity index (χ1n) is 4.04. The Balaban J connectivity index is 2.83. The van der Waals surface area contributed by atoms with E-state index < -0.39 is 17.0 Å². The number of hydrogen-bond donors (Lipinski definition) is 0. The molecule has 0 saturated heterocycles. The van der Waals surface area contributed by atoms with Crippen LogP contribution >= 0.6 is 0 Å². The van der Waals surface area contributed by atoms with Gasteiger partial charge in [-0.1, -0.05) is 12.1 Å². The van der Waals surface area contributed by atoms with E-state index in [9.17, 15) is 23.3 Å². The zero-order valence-electron chi connectivity index (χ0n) is 7.77. The van der Waals surface area contributed by atoms with Gasteiger partial charge in [-0.3, -0.25) is 10.1 Å². The van der Waals surface area contributed by atoms with Gasteiger partial charge >= 0.3 is 6.36 Å². The summed E-state index contributed by atoms with van der Waals surface area (Å²) in [5.74, 6) is -0.419. The lowest BCUT2D eigenvalue weighted by atomic mass is 10.2. The van der Waals surface area contributed by atoms with Gasteiger partial charge in [0.1, 0.15) is 5.75 Å². The van der Waals surface area contributed by atoms with E-state index in [2.05, 4.69) is 4.74 Å². The molecule has 1 aromatic carbocycles. The fraction of sp³-hybridized carbons (Fsp3) is 0.111. The number of alkyl halides is 3. The molecule has 0 radical (unpaired) electrons. The van der Waals surface area contributed by atoms with Crippen molar-refractivity contribution in [2.75, 3.05) is 0 Å². The highest BCUT2D eigenvalue weighted by molar-refractivity contribution is 5.50. The molecule has 0 aliphatic rings. The molecule has 0 bridgehead atoms. The van der Waals surface area contributed by atoms with Gasteiger partial charge in [0.15, 0.2) is 0 Å². The first kappa shape index (κ1) is 12.0. The number of rotatable bonds is 3. The molecular formula is C9H6F3NO3. The van der Waals surface area contributed by atoms with Crippen molar-refractivity contribution >= 4 is 6.08 Å². The van der Waals surface area contributed by atoms with Crippen molar-refractivity contribution in [2.24, 2.45) is 0 Å². The Labute approximate surface area is 88.1 Å². The summed E-state index contributed by atoms with van der Waals surface area (Å²) in [6.45, 7) is 0. The average Bonchev–Trinajstić information content (AvgIpc) is 2.12. The second kappa shape index (κ2) is 4.65. The van der Waals surface area contributed by atoms with E-state index >= 15 is 0 Å². The molecular weight excluding hydrogens is 227 g/mol. The minimum absolute atomic E-state index is 0.249. The third-order valence-corrected chi connectivity index (χ3v) is 1.48. The van der Waals surface area contributed by atoms with Crippen LogP contribution < -0.4 is 4.74 Å². The summed E-state index contributed by atoms with van der Waals surface area (Å²) in [7, 11) is 0. The molecule has 4 nitrogen and oxygen atoms in total. The molecule has 1 aromatic rings. The second-order valence-electron chi connectivity index (χ2n) is 2.72. The number of halogens is 3. The standard InChI is InChI=1S/C9H6F3NO3/c10-9(11,12)16-8-3-1-2-7(6-8)4-5-13(14)15/h1-6H/b5-4+. The molecule has 0 spiro atoms. The Morgan fingerprint density at radius 2 is 2.06 bits per heavy atom. The van der Waals surface area contributed by atoms with Crippen LogP contribution in [0, 0.1) is 10.1 Å². The molecule has 1 rings (SSSR count). The number of ether oxygens (including phenoxy) is 1. The quantitative estimate of drug-likeness (QED) is 0.595. The lowest BCUT2D eigenvalue weighted by Crippen LogP contribution is -2.17. The van der Waals surface area contributed by atoms with Crippen LogP contribution in [0.4, 0.5) is 13.2 Å². The normalized spacial score (nSPS) is 11.7. The molecule has 0 N–H and O–H groups in total. The maximum Gasteiger partial charge on any atom is 0.573 e. The van der Waals surface area contributed by atoms with E-state index in [1.165, 1.54) is 12.1 Å². The fourth-order valence-corrected chi connectivity index (χ4v) is 0.962. The van der Waals surface area contributed by atoms with Crippen LogP contribution in [0.3, 0.4) is 0 Å². The van der Waals surface area contributed by atoms with Gasteiger partial charge in [0, 0.05) is 6.08 Å². The minimum Gasteiger partial charge on any atom is -0.406 e. The maximum atomic E-state index is 11.8. The summed E-state index contributed by atoms with van der Waals surface area (Å²) in [5.41, 5.74) is 0.249. The first-order valence-corrected chi connectivity index (χ1v) is 4.04. The summed E-state index contributed by atoms with van der Waals surface area (Å²) in [5, 5.41) is 9.99. The number of nitro groups is 1. The van der Waals surface area contributed by atoms with Crippen molar-refractivity contribution in [3.63, 3.8) is 0 Å². The van der Waals surface area contributed by atoms with Gasteiger partial charge in [0.05, 0.1) is 4.92 Å². The van der Waals surface area contributed by atoms with Crippen LogP contribution in [-0.4, -0.2) is 11.3 Å². The van der Waals surface area contributed by atoms with Crippen LogP contribution in [0.5, 0.6) is 5.75 Å². The highest BCUT2D eigenvalue weighted by atomic mass is 19.4. The van der Waals surface area contributed by atoms with E-state index in [1.807, 2.05) is 0 Å². The number of hydrogen-bond acceptors (Lipinski definition) is 3. The lowest BCUT2D eigenvalue weighted by Gasteiger charge is -2.08. The highest BCUT2D eigenvalue weighted by Gasteiger charge is 2.30. The molecule has 0 atom stereocenters. The molecule has 7 heteroatoms. The molecule has 0 aromatic heterocycles. The Kier molecular flexibility index (Phi) is 3.49. The molecule has 16 heavy (non-hydrogen) atoms. The van der Waals surface area contributed by atoms with E-state index in [0.29, 0.717) is 6.20 Å². The molecule has 86 valence electrons. The lowest BCUT2D eigenvalue weighted by molar-refractivity contribution is -0.400.